The van der Waals surface area contributed by atoms with Gasteiger partial charge in [0.25, 0.3) is 5.91 Å². The maximum absolute atomic E-state index is 13.3. The molecule has 0 fully saturated rings. The maximum Gasteiger partial charge on any atom is 0.427 e. The van der Waals surface area contributed by atoms with Crippen LogP contribution in [-0.4, -0.2) is 15.9 Å². The number of amides is 1. The Balaban J connectivity index is 1.95. The number of thiazole rings is 1. The summed E-state index contributed by atoms with van der Waals surface area (Å²) in [6.45, 7) is 0. The highest BCUT2D eigenvalue weighted by Gasteiger charge is 2.38. The van der Waals surface area contributed by atoms with E-state index in [-0.39, 0.29) is 32.1 Å². The van der Waals surface area contributed by atoms with E-state index in [1.54, 1.807) is 12.1 Å². The third-order valence-electron chi connectivity index (χ3n) is 3.19. The fraction of sp³-hybridized carbons (Fsp3) is 0.0625. The highest BCUT2D eigenvalue weighted by atomic mass is 35.5. The van der Waals surface area contributed by atoms with Crippen LogP contribution < -0.4 is 5.32 Å². The highest BCUT2D eigenvalue weighted by molar-refractivity contribution is 7.16. The molecule has 0 unspecified atom stereocenters. The summed E-state index contributed by atoms with van der Waals surface area (Å²) in [7, 11) is 0. The number of aromatic nitrogens is 2. The fourth-order valence-electron chi connectivity index (χ4n) is 2.05. The van der Waals surface area contributed by atoms with Crippen LogP contribution >= 0.6 is 34.5 Å². The summed E-state index contributed by atoms with van der Waals surface area (Å²) in [6.07, 6.45) is -3.26. The summed E-state index contributed by atoms with van der Waals surface area (Å²) in [5, 5.41) is 2.56. The molecule has 3 rings (SSSR count). The van der Waals surface area contributed by atoms with Crippen molar-refractivity contribution in [2.45, 2.75) is 6.18 Å². The molecule has 0 radical (unpaired) electrons. The van der Waals surface area contributed by atoms with Gasteiger partial charge in [-0.15, -0.1) is 0 Å². The Bertz CT molecular complexity index is 961. The van der Waals surface area contributed by atoms with Crippen LogP contribution in [0.4, 0.5) is 18.3 Å². The van der Waals surface area contributed by atoms with E-state index in [9.17, 15) is 18.0 Å². The normalized spacial score (nSPS) is 11.4. The van der Waals surface area contributed by atoms with Crippen LogP contribution in [0.5, 0.6) is 0 Å². The van der Waals surface area contributed by atoms with Crippen molar-refractivity contribution in [2.24, 2.45) is 0 Å². The molecule has 0 aliphatic rings. The second kappa shape index (κ2) is 7.22. The number of anilines is 1. The molecular weight excluding hydrogens is 410 g/mol. The van der Waals surface area contributed by atoms with Gasteiger partial charge in [0.05, 0.1) is 15.7 Å². The molecule has 1 aromatic carbocycles. The number of nitrogens with one attached hydrogen (secondary N) is 1. The minimum absolute atomic E-state index is 0.0612. The lowest BCUT2D eigenvalue weighted by Gasteiger charge is -2.04. The molecule has 1 N–H and O–H groups in total. The molecule has 0 spiro atoms. The first-order valence-corrected chi connectivity index (χ1v) is 8.59. The number of rotatable bonds is 3. The summed E-state index contributed by atoms with van der Waals surface area (Å²) in [5.74, 6) is -0.654. The van der Waals surface area contributed by atoms with Crippen molar-refractivity contribution in [1.82, 2.24) is 9.97 Å². The monoisotopic (exact) mass is 417 g/mol. The predicted octanol–water partition coefficient (Wildman–Crippen LogP) is 5.78. The predicted molar refractivity (Wildman–Crippen MR) is 94.8 cm³/mol. The van der Waals surface area contributed by atoms with Gasteiger partial charge in [0.1, 0.15) is 10.6 Å². The highest BCUT2D eigenvalue weighted by Crippen LogP contribution is 2.42. The van der Waals surface area contributed by atoms with Crippen molar-refractivity contribution in [2.75, 3.05) is 5.32 Å². The van der Waals surface area contributed by atoms with Gasteiger partial charge in [-0.2, -0.15) is 13.2 Å². The third kappa shape index (κ3) is 3.98. The Labute approximate surface area is 159 Å². The first kappa shape index (κ1) is 18.6. The Morgan fingerprint density at radius 1 is 1.12 bits per heavy atom. The molecule has 1 amide bonds. The van der Waals surface area contributed by atoms with E-state index in [1.807, 2.05) is 0 Å². The van der Waals surface area contributed by atoms with Gasteiger partial charge in [0.15, 0.2) is 5.13 Å². The van der Waals surface area contributed by atoms with Gasteiger partial charge in [-0.05, 0) is 30.3 Å². The van der Waals surface area contributed by atoms with Crippen LogP contribution in [0.1, 0.15) is 15.2 Å². The molecule has 0 saturated carbocycles. The lowest BCUT2D eigenvalue weighted by Crippen LogP contribution is -2.11. The largest absolute Gasteiger partial charge is 0.427 e. The van der Waals surface area contributed by atoms with Crippen LogP contribution in [0.3, 0.4) is 0 Å². The van der Waals surface area contributed by atoms with E-state index in [4.69, 9.17) is 23.2 Å². The van der Waals surface area contributed by atoms with E-state index >= 15 is 0 Å². The molecule has 26 heavy (non-hydrogen) atoms. The van der Waals surface area contributed by atoms with Gasteiger partial charge in [-0.25, -0.2) is 4.98 Å². The quantitative estimate of drug-likeness (QED) is 0.587. The van der Waals surface area contributed by atoms with Crippen LogP contribution in [-0.2, 0) is 6.18 Å². The molecule has 0 aliphatic carbocycles. The molecule has 3 aromatic rings. The van der Waals surface area contributed by atoms with Crippen molar-refractivity contribution in [3.05, 3.63) is 63.1 Å². The number of alkyl halides is 3. The Hall–Kier alpha value is -2.16. The number of carbonyl (C=O) groups excluding carboxylic acids is 1. The molecule has 134 valence electrons. The van der Waals surface area contributed by atoms with Crippen LogP contribution in [0.15, 0.2) is 42.6 Å². The number of hydrogen-bond donors (Lipinski definition) is 1. The molecule has 0 aliphatic heterocycles. The van der Waals surface area contributed by atoms with E-state index in [1.165, 1.54) is 30.5 Å². The van der Waals surface area contributed by atoms with Crippen LogP contribution in [0, 0.1) is 0 Å². The van der Waals surface area contributed by atoms with Crippen molar-refractivity contribution < 1.29 is 18.0 Å². The Morgan fingerprint density at radius 3 is 2.50 bits per heavy atom. The zero-order valence-corrected chi connectivity index (χ0v) is 15.0. The molecule has 0 saturated heterocycles. The van der Waals surface area contributed by atoms with Crippen LogP contribution in [0.2, 0.25) is 10.0 Å². The average Bonchev–Trinajstić information content (AvgIpc) is 3.02. The number of halogens is 5. The number of pyridine rings is 1. The fourth-order valence-corrected chi connectivity index (χ4v) is 3.18. The topological polar surface area (TPSA) is 54.9 Å². The van der Waals surface area contributed by atoms with Gasteiger partial charge in [0, 0.05) is 11.8 Å². The zero-order chi connectivity index (χ0) is 18.9. The van der Waals surface area contributed by atoms with Gasteiger partial charge >= 0.3 is 6.18 Å². The van der Waals surface area contributed by atoms with Crippen LogP contribution in [0.25, 0.3) is 11.4 Å². The SMILES string of the molecule is O=C(Nc1nc(-c2ccccn2)c(C(F)(F)F)s1)c1ccc(Cl)c(Cl)c1. The molecule has 2 aromatic heterocycles. The summed E-state index contributed by atoms with van der Waals surface area (Å²) in [5.41, 5.74) is -0.138. The number of carbonyl (C=O) groups is 1. The first-order chi connectivity index (χ1) is 12.3. The number of hydrogen-bond acceptors (Lipinski definition) is 4. The minimum atomic E-state index is -4.63. The van der Waals surface area contributed by atoms with Gasteiger partial charge in [0.2, 0.25) is 0 Å². The van der Waals surface area contributed by atoms with Crippen molar-refractivity contribution in [1.29, 1.82) is 0 Å². The van der Waals surface area contributed by atoms with E-state index in [0.717, 1.165) is 0 Å². The second-order valence-corrected chi connectivity index (χ2v) is 6.81. The van der Waals surface area contributed by atoms with Crippen molar-refractivity contribution >= 4 is 45.6 Å². The Morgan fingerprint density at radius 2 is 1.88 bits per heavy atom. The summed E-state index contributed by atoms with van der Waals surface area (Å²) < 4.78 is 39.9. The maximum atomic E-state index is 13.3. The van der Waals surface area contributed by atoms with Gasteiger partial charge in [-0.1, -0.05) is 40.6 Å². The van der Waals surface area contributed by atoms with E-state index < -0.39 is 17.0 Å². The number of benzene rings is 1. The van der Waals surface area contributed by atoms with Gasteiger partial charge < -0.3 is 0 Å². The second-order valence-electron chi connectivity index (χ2n) is 4.99. The molecule has 0 atom stereocenters. The first-order valence-electron chi connectivity index (χ1n) is 7.01. The van der Waals surface area contributed by atoms with E-state index in [2.05, 4.69) is 15.3 Å². The van der Waals surface area contributed by atoms with Gasteiger partial charge in [-0.3, -0.25) is 15.1 Å². The van der Waals surface area contributed by atoms with Crippen molar-refractivity contribution in [3.63, 3.8) is 0 Å². The summed E-state index contributed by atoms with van der Waals surface area (Å²) in [6, 6.07) is 8.68. The third-order valence-corrected chi connectivity index (χ3v) is 4.95. The molecular formula is C16H8Cl2F3N3OS. The Kier molecular flexibility index (Phi) is 5.17. The summed E-state index contributed by atoms with van der Waals surface area (Å²) in [4.78, 5) is 19.1. The number of nitrogens with zero attached hydrogens (tertiary/aromatic N) is 2. The lowest BCUT2D eigenvalue weighted by molar-refractivity contribution is -0.134. The standard InChI is InChI=1S/C16H8Cl2F3N3OS/c17-9-5-4-8(7-10(9)18)14(25)24-15-23-12(11-3-1-2-6-22-11)13(26-15)16(19,20)21/h1-7H,(H,23,24,25). The average molecular weight is 418 g/mol. The smallest absolute Gasteiger partial charge is 0.298 e. The van der Waals surface area contributed by atoms with Crippen molar-refractivity contribution in [3.8, 4) is 11.4 Å². The molecule has 2 heterocycles. The molecule has 0 bridgehead atoms. The zero-order valence-electron chi connectivity index (χ0n) is 12.6. The summed E-state index contributed by atoms with van der Waals surface area (Å²) >= 11 is 12.0. The minimum Gasteiger partial charge on any atom is -0.298 e. The lowest BCUT2D eigenvalue weighted by atomic mass is 10.2. The molecule has 10 heteroatoms. The molecule has 4 nitrogen and oxygen atoms in total. The van der Waals surface area contributed by atoms with E-state index in [0.29, 0.717) is 11.3 Å².